The van der Waals surface area contributed by atoms with Crippen molar-refractivity contribution in [2.24, 2.45) is 0 Å². The Morgan fingerprint density at radius 2 is 1.89 bits per heavy atom. The fourth-order valence-electron chi connectivity index (χ4n) is 2.14. The molecule has 0 fully saturated rings. The molecule has 0 aromatic carbocycles. The van der Waals surface area contributed by atoms with Crippen LogP contribution in [0.5, 0.6) is 0 Å². The normalized spacial score (nSPS) is 23.8. The van der Waals surface area contributed by atoms with Gasteiger partial charge < -0.3 is 15.2 Å². The first-order valence-corrected chi connectivity index (χ1v) is 6.45. The molecule has 0 aliphatic heterocycles. The maximum absolute atomic E-state index is 11.8. The van der Waals surface area contributed by atoms with E-state index in [1.165, 1.54) is 0 Å². The third kappa shape index (κ3) is 4.24. The summed E-state index contributed by atoms with van der Waals surface area (Å²) in [6.45, 7) is 12.9. The molecule has 4 nitrogen and oxygen atoms in total. The van der Waals surface area contributed by atoms with Gasteiger partial charge in [-0.2, -0.15) is 0 Å². The molecule has 2 atom stereocenters. The van der Waals surface area contributed by atoms with Gasteiger partial charge in [0.1, 0.15) is 5.60 Å². The second-order valence-electron chi connectivity index (χ2n) is 5.61. The summed E-state index contributed by atoms with van der Waals surface area (Å²) in [7, 11) is 0. The molecule has 4 heteroatoms. The lowest BCUT2D eigenvalue weighted by molar-refractivity contribution is 0.0502. The minimum atomic E-state index is -0.540. The summed E-state index contributed by atoms with van der Waals surface area (Å²) in [5, 5.41) is 12.7. The molecule has 0 radical (unpaired) electrons. The van der Waals surface area contributed by atoms with E-state index in [9.17, 15) is 9.90 Å². The van der Waals surface area contributed by atoms with Gasteiger partial charge >= 0.3 is 6.09 Å². The molecule has 19 heavy (non-hydrogen) atoms. The summed E-state index contributed by atoms with van der Waals surface area (Å²) >= 11 is 0. The number of rotatable bonds is 3. The van der Waals surface area contributed by atoms with Crippen molar-refractivity contribution in [3.8, 4) is 0 Å². The van der Waals surface area contributed by atoms with Crippen LogP contribution in [0.2, 0.25) is 0 Å². The fourth-order valence-corrected chi connectivity index (χ4v) is 2.14. The molecular weight excluding hydrogens is 242 g/mol. The highest BCUT2D eigenvalue weighted by Crippen LogP contribution is 2.27. The summed E-state index contributed by atoms with van der Waals surface area (Å²) in [6, 6.07) is -0.191. The minimum Gasteiger partial charge on any atom is -0.444 e. The quantitative estimate of drug-likeness (QED) is 0.825. The Morgan fingerprint density at radius 1 is 1.32 bits per heavy atom. The van der Waals surface area contributed by atoms with Gasteiger partial charge in [0, 0.05) is 0 Å². The van der Waals surface area contributed by atoms with Crippen molar-refractivity contribution >= 4 is 6.09 Å². The second kappa shape index (κ2) is 6.06. The van der Waals surface area contributed by atoms with E-state index in [4.69, 9.17) is 4.74 Å². The third-order valence-corrected chi connectivity index (χ3v) is 2.93. The van der Waals surface area contributed by atoms with Crippen LogP contribution in [0.25, 0.3) is 0 Å². The molecule has 0 heterocycles. The SMILES string of the molecule is C=CC1=C(C=C)C(NC(=O)OC(C)(C)C)CCC1O. The Hall–Kier alpha value is -1.55. The third-order valence-electron chi connectivity index (χ3n) is 2.93. The first-order valence-electron chi connectivity index (χ1n) is 6.45. The summed E-state index contributed by atoms with van der Waals surface area (Å²) < 4.78 is 5.23. The summed E-state index contributed by atoms with van der Waals surface area (Å²) in [5.41, 5.74) is 0.999. The van der Waals surface area contributed by atoms with Gasteiger partial charge in [0.05, 0.1) is 12.1 Å². The van der Waals surface area contributed by atoms with E-state index in [-0.39, 0.29) is 6.04 Å². The Labute approximate surface area is 114 Å². The topological polar surface area (TPSA) is 58.6 Å². The van der Waals surface area contributed by atoms with Gasteiger partial charge in [-0.25, -0.2) is 4.79 Å². The highest BCUT2D eigenvalue weighted by Gasteiger charge is 2.28. The van der Waals surface area contributed by atoms with Crippen LogP contribution in [0.3, 0.4) is 0 Å². The lowest BCUT2D eigenvalue weighted by Crippen LogP contribution is -2.42. The molecule has 0 bridgehead atoms. The predicted octanol–water partition coefficient (Wildman–Crippen LogP) is 2.70. The zero-order chi connectivity index (χ0) is 14.6. The monoisotopic (exact) mass is 265 g/mol. The van der Waals surface area contributed by atoms with E-state index in [0.717, 1.165) is 11.1 Å². The lowest BCUT2D eigenvalue weighted by atomic mass is 9.85. The van der Waals surface area contributed by atoms with Crippen molar-refractivity contribution in [1.29, 1.82) is 0 Å². The van der Waals surface area contributed by atoms with Crippen LogP contribution < -0.4 is 5.32 Å². The molecule has 1 rings (SSSR count). The number of aliphatic hydroxyl groups excluding tert-OH is 1. The zero-order valence-corrected chi connectivity index (χ0v) is 11.9. The maximum Gasteiger partial charge on any atom is 0.408 e. The molecule has 106 valence electrons. The summed E-state index contributed by atoms with van der Waals surface area (Å²) in [5.74, 6) is 0. The Kier molecular flexibility index (Phi) is 4.95. The molecule has 1 aliphatic rings. The van der Waals surface area contributed by atoms with E-state index in [1.54, 1.807) is 12.2 Å². The van der Waals surface area contributed by atoms with Gasteiger partial charge in [-0.3, -0.25) is 0 Å². The molecule has 0 saturated heterocycles. The Balaban J connectivity index is 2.83. The van der Waals surface area contributed by atoms with Crippen LogP contribution in [-0.2, 0) is 4.74 Å². The largest absolute Gasteiger partial charge is 0.444 e. The van der Waals surface area contributed by atoms with E-state index in [2.05, 4.69) is 18.5 Å². The molecule has 0 saturated carbocycles. The second-order valence-corrected chi connectivity index (χ2v) is 5.61. The van der Waals surface area contributed by atoms with E-state index in [0.29, 0.717) is 12.8 Å². The van der Waals surface area contributed by atoms with Crippen LogP contribution in [-0.4, -0.2) is 28.9 Å². The number of amides is 1. The maximum atomic E-state index is 11.8. The molecule has 1 aliphatic carbocycles. The highest BCUT2D eigenvalue weighted by molar-refractivity contribution is 5.69. The standard InChI is InChI=1S/C15H23NO3/c1-6-10-11(7-2)13(17)9-8-12(10)16-14(18)19-15(3,4)5/h6-7,12-13,17H,1-2,8-9H2,3-5H3,(H,16,18). The Morgan fingerprint density at radius 3 is 2.37 bits per heavy atom. The van der Waals surface area contributed by atoms with Crippen LogP contribution in [0.4, 0.5) is 4.79 Å². The van der Waals surface area contributed by atoms with Crippen LogP contribution in [0.15, 0.2) is 36.5 Å². The van der Waals surface area contributed by atoms with Crippen molar-refractivity contribution < 1.29 is 14.6 Å². The van der Waals surface area contributed by atoms with E-state index in [1.807, 2.05) is 20.8 Å². The lowest BCUT2D eigenvalue weighted by Gasteiger charge is -2.30. The minimum absolute atomic E-state index is 0.191. The zero-order valence-electron chi connectivity index (χ0n) is 11.9. The average Bonchev–Trinajstić information content (AvgIpc) is 2.28. The van der Waals surface area contributed by atoms with Gasteiger partial charge in [-0.05, 0) is 44.8 Å². The first-order chi connectivity index (χ1) is 8.78. The Bertz CT molecular complexity index is 404. The smallest absolute Gasteiger partial charge is 0.408 e. The van der Waals surface area contributed by atoms with Gasteiger partial charge in [-0.15, -0.1) is 0 Å². The van der Waals surface area contributed by atoms with Crippen LogP contribution in [0.1, 0.15) is 33.6 Å². The number of carbonyl (C=O) groups is 1. The number of hydrogen-bond donors (Lipinski definition) is 2. The van der Waals surface area contributed by atoms with Crippen molar-refractivity contribution in [3.63, 3.8) is 0 Å². The number of carbonyl (C=O) groups excluding carboxylic acids is 1. The van der Waals surface area contributed by atoms with Crippen molar-refractivity contribution in [1.82, 2.24) is 5.32 Å². The summed E-state index contributed by atoms with van der Waals surface area (Å²) in [6.07, 6.45) is 3.50. The van der Waals surface area contributed by atoms with Crippen LogP contribution in [0, 0.1) is 0 Å². The average molecular weight is 265 g/mol. The molecule has 2 unspecified atom stereocenters. The number of hydrogen-bond acceptors (Lipinski definition) is 3. The molecule has 0 aromatic rings. The predicted molar refractivity (Wildman–Crippen MR) is 75.8 cm³/mol. The highest BCUT2D eigenvalue weighted by atomic mass is 16.6. The molecule has 0 spiro atoms. The molecule has 1 amide bonds. The fraction of sp³-hybridized carbons (Fsp3) is 0.533. The molecule has 2 N–H and O–H groups in total. The van der Waals surface area contributed by atoms with Crippen LogP contribution >= 0.6 is 0 Å². The van der Waals surface area contributed by atoms with Gasteiger partial charge in [0.25, 0.3) is 0 Å². The van der Waals surface area contributed by atoms with Gasteiger partial charge in [-0.1, -0.05) is 25.3 Å². The first kappa shape index (κ1) is 15.5. The van der Waals surface area contributed by atoms with Crippen molar-refractivity contribution in [3.05, 3.63) is 36.5 Å². The summed E-state index contributed by atoms with van der Waals surface area (Å²) in [4.78, 5) is 11.8. The number of aliphatic hydroxyl groups is 1. The molecule has 0 aromatic heterocycles. The molecular formula is C15H23NO3. The van der Waals surface area contributed by atoms with Gasteiger partial charge in [0.2, 0.25) is 0 Å². The van der Waals surface area contributed by atoms with E-state index >= 15 is 0 Å². The number of alkyl carbamates (subject to hydrolysis) is 1. The number of ether oxygens (including phenoxy) is 1. The number of nitrogens with one attached hydrogen (secondary N) is 1. The van der Waals surface area contributed by atoms with Gasteiger partial charge in [0.15, 0.2) is 0 Å². The van der Waals surface area contributed by atoms with E-state index < -0.39 is 17.8 Å². The van der Waals surface area contributed by atoms with Crippen molar-refractivity contribution in [2.75, 3.05) is 0 Å². The van der Waals surface area contributed by atoms with Crippen molar-refractivity contribution in [2.45, 2.75) is 51.4 Å².